The molecule has 0 aliphatic carbocycles. The highest BCUT2D eigenvalue weighted by Crippen LogP contribution is 2.35. The predicted molar refractivity (Wildman–Crippen MR) is 97.5 cm³/mol. The lowest BCUT2D eigenvalue weighted by atomic mass is 10.0. The molecule has 8 heteroatoms. The normalized spacial score (nSPS) is 23.6. The van der Waals surface area contributed by atoms with Crippen LogP contribution in [0.2, 0.25) is 0 Å². The van der Waals surface area contributed by atoms with Crippen LogP contribution in [0.5, 0.6) is 0 Å². The van der Waals surface area contributed by atoms with Gasteiger partial charge in [-0.25, -0.2) is 8.42 Å². The molecular formula is C16H24ClN3O3S. The molecule has 1 amide bonds. The van der Waals surface area contributed by atoms with Gasteiger partial charge in [0.2, 0.25) is 10.0 Å². The number of hydrogen-bond acceptors (Lipinski definition) is 4. The second-order valence-electron chi connectivity index (χ2n) is 6.51. The van der Waals surface area contributed by atoms with E-state index in [9.17, 15) is 13.2 Å². The molecule has 2 heterocycles. The van der Waals surface area contributed by atoms with E-state index in [0.29, 0.717) is 24.2 Å². The van der Waals surface area contributed by atoms with Crippen LogP contribution in [0.15, 0.2) is 18.2 Å². The van der Waals surface area contributed by atoms with Gasteiger partial charge in [0.25, 0.3) is 5.91 Å². The largest absolute Gasteiger partial charge is 0.333 e. The van der Waals surface area contributed by atoms with Gasteiger partial charge < -0.3 is 10.2 Å². The Morgan fingerprint density at radius 1 is 1.25 bits per heavy atom. The molecule has 1 aromatic rings. The molecule has 1 unspecified atom stereocenters. The highest BCUT2D eigenvalue weighted by Gasteiger charge is 2.33. The molecule has 2 aliphatic heterocycles. The third kappa shape index (κ3) is 3.38. The van der Waals surface area contributed by atoms with E-state index in [1.54, 1.807) is 12.1 Å². The molecule has 1 aromatic carbocycles. The summed E-state index contributed by atoms with van der Waals surface area (Å²) >= 11 is 0. The summed E-state index contributed by atoms with van der Waals surface area (Å²) in [6.45, 7) is 6.23. The van der Waals surface area contributed by atoms with Gasteiger partial charge in [-0.05, 0) is 44.0 Å². The number of sulfonamides is 1. The average Bonchev–Trinajstić information content (AvgIpc) is 2.81. The predicted octanol–water partition coefficient (Wildman–Crippen LogP) is 1.25. The third-order valence-corrected chi connectivity index (χ3v) is 5.87. The number of anilines is 1. The molecule has 134 valence electrons. The first-order valence-corrected chi connectivity index (χ1v) is 9.78. The van der Waals surface area contributed by atoms with Crippen LogP contribution in [0.4, 0.5) is 5.69 Å². The lowest BCUT2D eigenvalue weighted by Gasteiger charge is -2.34. The number of amides is 1. The maximum atomic E-state index is 12.7. The Labute approximate surface area is 149 Å². The molecule has 1 saturated heterocycles. The van der Waals surface area contributed by atoms with Crippen molar-refractivity contribution in [2.75, 3.05) is 30.2 Å². The van der Waals surface area contributed by atoms with Gasteiger partial charge in [0.05, 0.1) is 11.9 Å². The number of nitrogens with zero attached hydrogens (tertiary/aromatic N) is 2. The maximum absolute atomic E-state index is 12.7. The topological polar surface area (TPSA) is 69.7 Å². The fraction of sp³-hybridized carbons (Fsp3) is 0.562. The quantitative estimate of drug-likeness (QED) is 0.847. The molecule has 3 rings (SSSR count). The van der Waals surface area contributed by atoms with E-state index in [1.165, 1.54) is 10.6 Å². The van der Waals surface area contributed by atoms with E-state index in [4.69, 9.17) is 0 Å². The zero-order chi connectivity index (χ0) is 16.8. The standard InChI is InChI=1S/C16H23N3O3S.ClH/c1-11-8-14-9-13(4-5-15(14)19(11)23(3,21)22)16(20)18-7-6-17-10-12(18)2;/h4-5,9,11-12,17H,6-8,10H2,1-3H3;1H/t11?,12-;/m0./s1. The maximum Gasteiger partial charge on any atom is 0.254 e. The lowest BCUT2D eigenvalue weighted by molar-refractivity contribution is 0.0655. The van der Waals surface area contributed by atoms with Crippen LogP contribution in [0, 0.1) is 0 Å². The van der Waals surface area contributed by atoms with Gasteiger partial charge in [-0.15, -0.1) is 12.4 Å². The van der Waals surface area contributed by atoms with Gasteiger partial charge in [-0.3, -0.25) is 9.10 Å². The second-order valence-corrected chi connectivity index (χ2v) is 8.37. The van der Waals surface area contributed by atoms with Crippen molar-refractivity contribution in [2.24, 2.45) is 0 Å². The Balaban J connectivity index is 0.00000208. The van der Waals surface area contributed by atoms with E-state index < -0.39 is 10.0 Å². The van der Waals surface area contributed by atoms with Crippen LogP contribution < -0.4 is 9.62 Å². The monoisotopic (exact) mass is 373 g/mol. The number of benzene rings is 1. The van der Waals surface area contributed by atoms with Crippen molar-refractivity contribution in [1.29, 1.82) is 0 Å². The van der Waals surface area contributed by atoms with E-state index in [1.807, 2.05) is 24.8 Å². The van der Waals surface area contributed by atoms with Crippen molar-refractivity contribution in [1.82, 2.24) is 10.2 Å². The molecule has 2 atom stereocenters. The van der Waals surface area contributed by atoms with Gasteiger partial charge in [0.1, 0.15) is 0 Å². The van der Waals surface area contributed by atoms with E-state index in [-0.39, 0.29) is 30.4 Å². The smallest absolute Gasteiger partial charge is 0.254 e. The Morgan fingerprint density at radius 2 is 1.96 bits per heavy atom. The van der Waals surface area contributed by atoms with Crippen LogP contribution in [0.3, 0.4) is 0 Å². The van der Waals surface area contributed by atoms with Crippen LogP contribution in [-0.2, 0) is 16.4 Å². The van der Waals surface area contributed by atoms with Crippen molar-refractivity contribution in [3.63, 3.8) is 0 Å². The molecule has 2 aliphatic rings. The number of hydrogen-bond donors (Lipinski definition) is 1. The molecule has 0 spiro atoms. The Kier molecular flexibility index (Phi) is 5.47. The first-order valence-electron chi connectivity index (χ1n) is 7.93. The highest BCUT2D eigenvalue weighted by molar-refractivity contribution is 7.92. The zero-order valence-electron chi connectivity index (χ0n) is 14.2. The molecule has 24 heavy (non-hydrogen) atoms. The van der Waals surface area contributed by atoms with E-state index >= 15 is 0 Å². The molecular weight excluding hydrogens is 350 g/mol. The number of piperazine rings is 1. The number of nitrogens with one attached hydrogen (secondary N) is 1. The molecule has 0 bridgehead atoms. The average molecular weight is 374 g/mol. The summed E-state index contributed by atoms with van der Waals surface area (Å²) in [5.41, 5.74) is 2.27. The van der Waals surface area contributed by atoms with Crippen molar-refractivity contribution in [3.05, 3.63) is 29.3 Å². The Morgan fingerprint density at radius 3 is 2.58 bits per heavy atom. The van der Waals surface area contributed by atoms with Crippen molar-refractivity contribution < 1.29 is 13.2 Å². The number of fused-ring (bicyclic) bond motifs is 1. The van der Waals surface area contributed by atoms with Gasteiger partial charge in [0.15, 0.2) is 0 Å². The summed E-state index contributed by atoms with van der Waals surface area (Å²) in [6.07, 6.45) is 1.86. The van der Waals surface area contributed by atoms with Crippen LogP contribution >= 0.6 is 12.4 Å². The minimum absolute atomic E-state index is 0. The van der Waals surface area contributed by atoms with Gasteiger partial charge in [-0.1, -0.05) is 0 Å². The molecule has 1 N–H and O–H groups in total. The minimum atomic E-state index is -3.30. The van der Waals surface area contributed by atoms with Crippen LogP contribution in [0.25, 0.3) is 0 Å². The zero-order valence-corrected chi connectivity index (χ0v) is 15.8. The SMILES string of the molecule is CC1Cc2cc(C(=O)N3CCNC[C@@H]3C)ccc2N1S(C)(=O)=O.Cl. The summed E-state index contributed by atoms with van der Waals surface area (Å²) in [4.78, 5) is 14.6. The number of carbonyl (C=O) groups is 1. The number of rotatable bonds is 2. The first-order chi connectivity index (χ1) is 10.8. The fourth-order valence-corrected chi connectivity index (χ4v) is 4.81. The first kappa shape index (κ1) is 19.0. The van der Waals surface area contributed by atoms with Crippen molar-refractivity contribution >= 4 is 34.0 Å². The molecule has 0 aromatic heterocycles. The molecule has 1 fully saturated rings. The molecule has 0 radical (unpaired) electrons. The summed E-state index contributed by atoms with van der Waals surface area (Å²) in [7, 11) is -3.30. The van der Waals surface area contributed by atoms with Crippen molar-refractivity contribution in [3.8, 4) is 0 Å². The van der Waals surface area contributed by atoms with Gasteiger partial charge in [-0.2, -0.15) is 0 Å². The fourth-order valence-electron chi connectivity index (χ4n) is 3.55. The summed E-state index contributed by atoms with van der Waals surface area (Å²) in [5, 5.41) is 3.27. The highest BCUT2D eigenvalue weighted by atomic mass is 35.5. The number of carbonyl (C=O) groups excluding carboxylic acids is 1. The Bertz CT molecular complexity index is 738. The lowest BCUT2D eigenvalue weighted by Crippen LogP contribution is -2.52. The minimum Gasteiger partial charge on any atom is -0.333 e. The van der Waals surface area contributed by atoms with E-state index in [0.717, 1.165) is 18.7 Å². The molecule has 0 saturated carbocycles. The third-order valence-electron chi connectivity index (χ3n) is 4.60. The second kappa shape index (κ2) is 6.90. The van der Waals surface area contributed by atoms with E-state index in [2.05, 4.69) is 5.32 Å². The number of halogens is 1. The van der Waals surface area contributed by atoms with Crippen molar-refractivity contribution in [2.45, 2.75) is 32.4 Å². The van der Waals surface area contributed by atoms with Crippen LogP contribution in [-0.4, -0.2) is 57.2 Å². The summed E-state index contributed by atoms with van der Waals surface area (Å²) in [6, 6.07) is 5.42. The molecule has 6 nitrogen and oxygen atoms in total. The summed E-state index contributed by atoms with van der Waals surface area (Å²) in [5.74, 6) is 0.0206. The van der Waals surface area contributed by atoms with Crippen LogP contribution in [0.1, 0.15) is 29.8 Å². The Hall–Kier alpha value is -1.31. The van der Waals surface area contributed by atoms with Gasteiger partial charge >= 0.3 is 0 Å². The summed E-state index contributed by atoms with van der Waals surface area (Å²) < 4.78 is 25.4. The van der Waals surface area contributed by atoms with Gasteiger partial charge in [0, 0.05) is 37.3 Å².